The maximum absolute atomic E-state index is 13.0. The predicted molar refractivity (Wildman–Crippen MR) is 77.5 cm³/mol. The van der Waals surface area contributed by atoms with Crippen molar-refractivity contribution in [2.45, 2.75) is 19.5 Å². The minimum atomic E-state index is -0.508. The van der Waals surface area contributed by atoms with E-state index in [1.807, 2.05) is 6.92 Å². The van der Waals surface area contributed by atoms with E-state index in [2.05, 4.69) is 5.32 Å². The van der Waals surface area contributed by atoms with Gasteiger partial charge in [0.25, 0.3) is 0 Å². The molecule has 2 rings (SSSR count). The molecule has 21 heavy (non-hydrogen) atoms. The number of benzene rings is 1. The van der Waals surface area contributed by atoms with E-state index < -0.39 is 11.9 Å². The lowest BCUT2D eigenvalue weighted by Crippen LogP contribution is -2.45. The summed E-state index contributed by atoms with van der Waals surface area (Å²) in [7, 11) is 1.66. The van der Waals surface area contributed by atoms with E-state index in [1.165, 1.54) is 28.0 Å². The van der Waals surface area contributed by atoms with Gasteiger partial charge in [-0.15, -0.1) is 0 Å². The smallest absolute Gasteiger partial charge is 0.320 e. The Morgan fingerprint density at radius 2 is 2.24 bits per heavy atom. The molecule has 1 aliphatic rings. The van der Waals surface area contributed by atoms with Crippen molar-refractivity contribution in [1.29, 1.82) is 0 Å². The quantitative estimate of drug-likeness (QED) is 0.922. The Labute approximate surface area is 127 Å². The van der Waals surface area contributed by atoms with Crippen molar-refractivity contribution in [3.63, 3.8) is 0 Å². The zero-order valence-electron chi connectivity index (χ0n) is 11.9. The number of carbonyl (C=O) groups excluding carboxylic acids is 2. The SMILES string of the molecule is CCN1C(=O)N(C)C[C@H]1C(=O)NCc1ccc(F)cc1Cl. The number of rotatable bonds is 4. The first-order valence-electron chi connectivity index (χ1n) is 6.67. The summed E-state index contributed by atoms with van der Waals surface area (Å²) < 4.78 is 13.0. The molecule has 5 nitrogen and oxygen atoms in total. The van der Waals surface area contributed by atoms with E-state index in [1.54, 1.807) is 7.05 Å². The summed E-state index contributed by atoms with van der Waals surface area (Å²) in [6.07, 6.45) is 0. The average Bonchev–Trinajstić information content (AvgIpc) is 2.73. The summed E-state index contributed by atoms with van der Waals surface area (Å²) in [6.45, 7) is 2.85. The van der Waals surface area contributed by atoms with Crippen molar-refractivity contribution in [3.05, 3.63) is 34.6 Å². The molecule has 7 heteroatoms. The van der Waals surface area contributed by atoms with Gasteiger partial charge in [0, 0.05) is 25.2 Å². The summed E-state index contributed by atoms with van der Waals surface area (Å²) in [6, 6.07) is 3.36. The largest absolute Gasteiger partial charge is 0.350 e. The summed E-state index contributed by atoms with van der Waals surface area (Å²) in [5.41, 5.74) is 0.632. The molecule has 1 aromatic rings. The monoisotopic (exact) mass is 313 g/mol. The fraction of sp³-hybridized carbons (Fsp3) is 0.429. The van der Waals surface area contributed by atoms with Crippen molar-refractivity contribution in [2.24, 2.45) is 0 Å². The predicted octanol–water partition coefficient (Wildman–Crippen LogP) is 1.85. The Kier molecular flexibility index (Phi) is 4.67. The second-order valence-corrected chi connectivity index (χ2v) is 5.33. The van der Waals surface area contributed by atoms with Crippen LogP contribution in [0.15, 0.2) is 18.2 Å². The molecule has 0 bridgehead atoms. The highest BCUT2D eigenvalue weighted by molar-refractivity contribution is 6.31. The van der Waals surface area contributed by atoms with Crippen LogP contribution in [0.4, 0.5) is 9.18 Å². The molecular weight excluding hydrogens is 297 g/mol. The first kappa shape index (κ1) is 15.6. The third kappa shape index (κ3) is 3.26. The van der Waals surface area contributed by atoms with Gasteiger partial charge in [0.1, 0.15) is 11.9 Å². The van der Waals surface area contributed by atoms with E-state index in [0.717, 1.165) is 0 Å². The highest BCUT2D eigenvalue weighted by Crippen LogP contribution is 2.18. The molecular formula is C14H17ClFN3O2. The molecule has 0 saturated carbocycles. The van der Waals surface area contributed by atoms with E-state index in [9.17, 15) is 14.0 Å². The Bertz CT molecular complexity index is 567. The minimum absolute atomic E-state index is 0.155. The molecule has 1 aromatic carbocycles. The second-order valence-electron chi connectivity index (χ2n) is 4.92. The van der Waals surface area contributed by atoms with Crippen molar-refractivity contribution in [3.8, 4) is 0 Å². The van der Waals surface area contributed by atoms with Crippen LogP contribution in [0.25, 0.3) is 0 Å². The molecule has 1 heterocycles. The van der Waals surface area contributed by atoms with Gasteiger partial charge in [0.2, 0.25) is 5.91 Å². The number of halogens is 2. The Balaban J connectivity index is 2.00. The van der Waals surface area contributed by atoms with Crippen LogP contribution in [0.3, 0.4) is 0 Å². The van der Waals surface area contributed by atoms with Gasteiger partial charge < -0.3 is 15.1 Å². The number of amides is 3. The Morgan fingerprint density at radius 3 is 2.86 bits per heavy atom. The normalized spacial score (nSPS) is 18.3. The molecule has 114 valence electrons. The van der Waals surface area contributed by atoms with E-state index in [-0.39, 0.29) is 23.5 Å². The van der Waals surface area contributed by atoms with Crippen molar-refractivity contribution >= 4 is 23.5 Å². The molecule has 1 N–H and O–H groups in total. The molecule has 0 radical (unpaired) electrons. The first-order valence-corrected chi connectivity index (χ1v) is 7.05. The van der Waals surface area contributed by atoms with Crippen LogP contribution in [0.1, 0.15) is 12.5 Å². The minimum Gasteiger partial charge on any atom is -0.350 e. The zero-order valence-corrected chi connectivity index (χ0v) is 12.7. The van der Waals surface area contributed by atoms with E-state index in [0.29, 0.717) is 18.7 Å². The van der Waals surface area contributed by atoms with Gasteiger partial charge in [-0.2, -0.15) is 0 Å². The Morgan fingerprint density at radius 1 is 1.52 bits per heavy atom. The highest BCUT2D eigenvalue weighted by atomic mass is 35.5. The van der Waals surface area contributed by atoms with Gasteiger partial charge in [0.15, 0.2) is 0 Å². The summed E-state index contributed by atoms with van der Waals surface area (Å²) in [5.74, 6) is -0.662. The highest BCUT2D eigenvalue weighted by Gasteiger charge is 2.38. The molecule has 1 saturated heterocycles. The summed E-state index contributed by atoms with van der Waals surface area (Å²) in [5, 5.41) is 3.01. The maximum Gasteiger partial charge on any atom is 0.320 e. The third-order valence-electron chi connectivity index (χ3n) is 3.51. The van der Waals surface area contributed by atoms with Crippen LogP contribution >= 0.6 is 11.6 Å². The molecule has 0 unspecified atom stereocenters. The first-order chi connectivity index (χ1) is 9.93. The van der Waals surface area contributed by atoms with Crippen LogP contribution < -0.4 is 5.32 Å². The molecule has 1 atom stereocenters. The van der Waals surface area contributed by atoms with Gasteiger partial charge in [-0.05, 0) is 24.6 Å². The molecule has 0 aliphatic carbocycles. The van der Waals surface area contributed by atoms with Crippen molar-refractivity contribution in [1.82, 2.24) is 15.1 Å². The maximum atomic E-state index is 13.0. The number of likely N-dealkylation sites (N-methyl/N-ethyl adjacent to an activating group) is 2. The fourth-order valence-electron chi connectivity index (χ4n) is 2.33. The number of carbonyl (C=O) groups is 2. The van der Waals surface area contributed by atoms with Crippen LogP contribution in [0.5, 0.6) is 0 Å². The van der Waals surface area contributed by atoms with Crippen molar-refractivity contribution in [2.75, 3.05) is 20.1 Å². The standard InChI is InChI=1S/C14H17ClFN3O2/c1-3-19-12(8-18(2)14(19)21)13(20)17-7-9-4-5-10(16)6-11(9)15/h4-6,12H,3,7-8H2,1-2H3,(H,17,20)/t12-/m0/s1. The number of nitrogens with zero attached hydrogens (tertiary/aromatic N) is 2. The summed E-state index contributed by atoms with van der Waals surface area (Å²) in [4.78, 5) is 27.1. The Hall–Kier alpha value is -1.82. The fourth-order valence-corrected chi connectivity index (χ4v) is 2.57. The number of nitrogens with one attached hydrogen (secondary N) is 1. The molecule has 1 aliphatic heterocycles. The molecule has 0 aromatic heterocycles. The van der Waals surface area contributed by atoms with Gasteiger partial charge >= 0.3 is 6.03 Å². The van der Waals surface area contributed by atoms with Gasteiger partial charge in [-0.1, -0.05) is 17.7 Å². The van der Waals surface area contributed by atoms with Crippen LogP contribution in [0.2, 0.25) is 5.02 Å². The second kappa shape index (κ2) is 6.30. The summed E-state index contributed by atoms with van der Waals surface area (Å²) >= 11 is 5.91. The lowest BCUT2D eigenvalue weighted by atomic mass is 10.2. The lowest BCUT2D eigenvalue weighted by molar-refractivity contribution is -0.124. The van der Waals surface area contributed by atoms with Crippen LogP contribution in [-0.2, 0) is 11.3 Å². The zero-order chi connectivity index (χ0) is 15.6. The average molecular weight is 314 g/mol. The topological polar surface area (TPSA) is 52.7 Å². The molecule has 0 spiro atoms. The van der Waals surface area contributed by atoms with Gasteiger partial charge in [0.05, 0.1) is 6.54 Å². The molecule has 1 fully saturated rings. The number of urea groups is 1. The van der Waals surface area contributed by atoms with E-state index in [4.69, 9.17) is 11.6 Å². The van der Waals surface area contributed by atoms with Gasteiger partial charge in [-0.25, -0.2) is 9.18 Å². The molecule has 3 amide bonds. The lowest BCUT2D eigenvalue weighted by Gasteiger charge is -2.20. The number of hydrogen-bond acceptors (Lipinski definition) is 2. The number of hydrogen-bond donors (Lipinski definition) is 1. The van der Waals surface area contributed by atoms with Crippen LogP contribution in [-0.4, -0.2) is 47.9 Å². The third-order valence-corrected chi connectivity index (χ3v) is 3.86. The van der Waals surface area contributed by atoms with Crippen LogP contribution in [0, 0.1) is 5.82 Å². The van der Waals surface area contributed by atoms with Crippen molar-refractivity contribution < 1.29 is 14.0 Å². The van der Waals surface area contributed by atoms with E-state index >= 15 is 0 Å². The van der Waals surface area contributed by atoms with Gasteiger partial charge in [-0.3, -0.25) is 4.79 Å².